The Morgan fingerprint density at radius 3 is 1.60 bits per heavy atom. The highest BCUT2D eigenvalue weighted by molar-refractivity contribution is 7.80. The quantitative estimate of drug-likeness (QED) is 0.324. The lowest BCUT2D eigenvalue weighted by atomic mass is 9.86. The SMILES string of the molecule is CCCCCC(CCCC)(CCCC)OS(=O)(=O)[O-].[NH4+]. The van der Waals surface area contributed by atoms with Crippen LogP contribution < -0.4 is 6.15 Å². The van der Waals surface area contributed by atoms with Crippen molar-refractivity contribution in [3.05, 3.63) is 0 Å². The Kier molecular flexibility index (Phi) is 12.7. The highest BCUT2D eigenvalue weighted by Crippen LogP contribution is 2.33. The Hall–Kier alpha value is -0.170. The molecular weight excluding hydrogens is 278 g/mol. The first-order valence-electron chi connectivity index (χ1n) is 7.55. The molecule has 0 spiro atoms. The smallest absolute Gasteiger partial charge is 0.218 e. The van der Waals surface area contributed by atoms with Gasteiger partial charge in [-0.3, -0.25) is 4.18 Å². The normalized spacial score (nSPS) is 12.2. The van der Waals surface area contributed by atoms with Crippen LogP contribution in [-0.4, -0.2) is 18.6 Å². The average Bonchev–Trinajstić information content (AvgIpc) is 2.32. The van der Waals surface area contributed by atoms with Crippen LogP contribution in [0.1, 0.15) is 85.0 Å². The number of hydrogen-bond donors (Lipinski definition) is 1. The van der Waals surface area contributed by atoms with E-state index in [1.165, 1.54) is 0 Å². The summed E-state index contributed by atoms with van der Waals surface area (Å²) in [6.07, 6.45) is 8.76. The van der Waals surface area contributed by atoms with Crippen LogP contribution in [0.15, 0.2) is 0 Å². The van der Waals surface area contributed by atoms with Gasteiger partial charge in [-0.25, -0.2) is 8.42 Å². The highest BCUT2D eigenvalue weighted by Gasteiger charge is 2.32. The van der Waals surface area contributed by atoms with Crippen molar-refractivity contribution in [3.8, 4) is 0 Å². The van der Waals surface area contributed by atoms with Crippen LogP contribution in [0.4, 0.5) is 0 Å². The van der Waals surface area contributed by atoms with Crippen LogP contribution in [0, 0.1) is 0 Å². The van der Waals surface area contributed by atoms with Gasteiger partial charge < -0.3 is 10.7 Å². The Morgan fingerprint density at radius 1 is 0.850 bits per heavy atom. The molecule has 0 atom stereocenters. The lowest BCUT2D eigenvalue weighted by Crippen LogP contribution is -2.35. The van der Waals surface area contributed by atoms with E-state index in [1.54, 1.807) is 0 Å². The molecule has 0 aromatic heterocycles. The fraction of sp³-hybridized carbons (Fsp3) is 1.00. The van der Waals surface area contributed by atoms with Gasteiger partial charge in [-0.15, -0.1) is 0 Å². The Labute approximate surface area is 125 Å². The molecule has 0 aliphatic rings. The predicted molar refractivity (Wildman–Crippen MR) is 82.7 cm³/mol. The van der Waals surface area contributed by atoms with Crippen molar-refractivity contribution in [3.63, 3.8) is 0 Å². The molecule has 124 valence electrons. The monoisotopic (exact) mass is 311 g/mol. The molecule has 20 heavy (non-hydrogen) atoms. The molecule has 0 unspecified atom stereocenters. The Bertz CT molecular complexity index is 309. The van der Waals surface area contributed by atoms with E-state index in [-0.39, 0.29) is 6.15 Å². The van der Waals surface area contributed by atoms with E-state index in [0.717, 1.165) is 44.9 Å². The third-order valence-electron chi connectivity index (χ3n) is 3.49. The molecule has 0 bridgehead atoms. The van der Waals surface area contributed by atoms with Gasteiger partial charge in [0.2, 0.25) is 10.4 Å². The molecule has 0 radical (unpaired) electrons. The largest absolute Gasteiger partial charge is 0.726 e. The summed E-state index contributed by atoms with van der Waals surface area (Å²) in [6, 6.07) is 0. The van der Waals surface area contributed by atoms with E-state index in [0.29, 0.717) is 19.3 Å². The van der Waals surface area contributed by atoms with Crippen molar-refractivity contribution < 1.29 is 17.2 Å². The van der Waals surface area contributed by atoms with Crippen LogP contribution >= 0.6 is 0 Å². The molecule has 5 nitrogen and oxygen atoms in total. The van der Waals surface area contributed by atoms with Gasteiger partial charge in [0.15, 0.2) is 0 Å². The van der Waals surface area contributed by atoms with Gasteiger partial charge in [0.1, 0.15) is 0 Å². The van der Waals surface area contributed by atoms with Crippen LogP contribution in [0.3, 0.4) is 0 Å². The highest BCUT2D eigenvalue weighted by atomic mass is 32.3. The maximum atomic E-state index is 11.0. The van der Waals surface area contributed by atoms with Crippen molar-refractivity contribution in [2.45, 2.75) is 90.6 Å². The van der Waals surface area contributed by atoms with E-state index >= 15 is 0 Å². The van der Waals surface area contributed by atoms with E-state index in [2.05, 4.69) is 20.8 Å². The lowest BCUT2D eigenvalue weighted by molar-refractivity contribution is 0.0284. The molecule has 0 rings (SSSR count). The molecule has 4 N–H and O–H groups in total. The summed E-state index contributed by atoms with van der Waals surface area (Å²) >= 11 is 0. The Morgan fingerprint density at radius 2 is 1.25 bits per heavy atom. The molecule has 0 heterocycles. The van der Waals surface area contributed by atoms with Gasteiger partial charge in [-0.1, -0.05) is 65.7 Å². The number of rotatable bonds is 12. The maximum Gasteiger partial charge on any atom is 0.218 e. The van der Waals surface area contributed by atoms with E-state index < -0.39 is 16.0 Å². The van der Waals surface area contributed by atoms with Crippen molar-refractivity contribution in [2.75, 3.05) is 0 Å². The second-order valence-electron chi connectivity index (χ2n) is 5.34. The standard InChI is InChI=1S/C14H30O4S.H3N/c1-4-7-10-13-14(11-8-5-2,12-9-6-3)18-19(15,16)17;/h4-13H2,1-3H3,(H,15,16,17);1H3. The van der Waals surface area contributed by atoms with E-state index in [9.17, 15) is 13.0 Å². The average molecular weight is 311 g/mol. The van der Waals surface area contributed by atoms with Crippen molar-refractivity contribution >= 4 is 10.4 Å². The fourth-order valence-corrected chi connectivity index (χ4v) is 3.09. The Balaban J connectivity index is 0. The third-order valence-corrected chi connectivity index (χ3v) is 4.04. The van der Waals surface area contributed by atoms with Crippen molar-refractivity contribution in [1.29, 1.82) is 0 Å². The first-order chi connectivity index (χ1) is 8.89. The summed E-state index contributed by atoms with van der Waals surface area (Å²) in [5.41, 5.74) is -0.762. The van der Waals surface area contributed by atoms with Crippen LogP contribution in [0.2, 0.25) is 0 Å². The predicted octanol–water partition coefficient (Wildman–Crippen LogP) is 4.54. The van der Waals surface area contributed by atoms with Gasteiger partial charge in [-0.2, -0.15) is 0 Å². The van der Waals surface area contributed by atoms with Gasteiger partial charge in [0.25, 0.3) is 0 Å². The summed E-state index contributed by atoms with van der Waals surface area (Å²) in [7, 11) is -4.63. The fourth-order valence-electron chi connectivity index (χ4n) is 2.41. The molecule has 0 aromatic rings. The second kappa shape index (κ2) is 11.5. The minimum Gasteiger partial charge on any atom is -0.726 e. The van der Waals surface area contributed by atoms with Gasteiger partial charge in [0.05, 0.1) is 5.60 Å². The topological polar surface area (TPSA) is 103 Å². The van der Waals surface area contributed by atoms with Crippen LogP contribution in [0.5, 0.6) is 0 Å². The zero-order chi connectivity index (χ0) is 14.8. The van der Waals surface area contributed by atoms with E-state index in [4.69, 9.17) is 4.18 Å². The minimum absolute atomic E-state index is 0. The first kappa shape index (κ1) is 22.1. The number of quaternary nitrogens is 1. The first-order valence-corrected chi connectivity index (χ1v) is 8.89. The summed E-state index contributed by atoms with van der Waals surface area (Å²) in [5.74, 6) is 0. The summed E-state index contributed by atoms with van der Waals surface area (Å²) in [5, 5.41) is 0. The number of hydrogen-bond acceptors (Lipinski definition) is 4. The van der Waals surface area contributed by atoms with Gasteiger partial charge in [0, 0.05) is 0 Å². The summed E-state index contributed by atoms with van der Waals surface area (Å²) < 4.78 is 38.1. The minimum atomic E-state index is -4.63. The molecule has 0 aliphatic heterocycles. The summed E-state index contributed by atoms with van der Waals surface area (Å²) in [4.78, 5) is 0. The molecule has 0 saturated heterocycles. The van der Waals surface area contributed by atoms with Crippen LogP contribution in [0.25, 0.3) is 0 Å². The molecule has 0 aliphatic carbocycles. The molecule has 0 aromatic carbocycles. The zero-order valence-electron chi connectivity index (χ0n) is 13.6. The van der Waals surface area contributed by atoms with Gasteiger partial charge in [-0.05, 0) is 19.3 Å². The number of unbranched alkanes of at least 4 members (excludes halogenated alkanes) is 4. The summed E-state index contributed by atoms with van der Waals surface area (Å²) in [6.45, 7) is 6.22. The van der Waals surface area contributed by atoms with Crippen molar-refractivity contribution in [2.24, 2.45) is 0 Å². The molecule has 0 amide bonds. The maximum absolute atomic E-state index is 11.0. The van der Waals surface area contributed by atoms with Crippen LogP contribution in [-0.2, 0) is 14.6 Å². The van der Waals surface area contributed by atoms with Gasteiger partial charge >= 0.3 is 0 Å². The molecule has 6 heteroatoms. The van der Waals surface area contributed by atoms with Crippen molar-refractivity contribution in [1.82, 2.24) is 6.15 Å². The second-order valence-corrected chi connectivity index (χ2v) is 6.32. The molecular formula is C14H33NO4S. The zero-order valence-corrected chi connectivity index (χ0v) is 14.4. The van der Waals surface area contributed by atoms with E-state index in [1.807, 2.05) is 0 Å². The lowest BCUT2D eigenvalue weighted by Gasteiger charge is -2.34. The molecule has 0 fully saturated rings. The third kappa shape index (κ3) is 10.6. The molecule has 0 saturated carbocycles.